The molecule has 0 spiro atoms. The molecule has 1 heterocycles. The fraction of sp³-hybridized carbons (Fsp3) is 0.476. The summed E-state index contributed by atoms with van der Waals surface area (Å²) in [7, 11) is -3.97. The van der Waals surface area contributed by atoms with Gasteiger partial charge >= 0.3 is 10.2 Å². The first-order chi connectivity index (χ1) is 13.8. The average Bonchev–Trinajstić information content (AvgIpc) is 2.95. The number of benzene rings is 2. The summed E-state index contributed by atoms with van der Waals surface area (Å²) >= 11 is 0. The van der Waals surface area contributed by atoms with Crippen molar-refractivity contribution in [2.75, 3.05) is 10.8 Å². The van der Waals surface area contributed by atoms with Crippen molar-refractivity contribution in [3.8, 4) is 5.75 Å². The van der Waals surface area contributed by atoms with Gasteiger partial charge in [0.25, 0.3) is 5.91 Å². The van der Waals surface area contributed by atoms with Gasteiger partial charge in [0.2, 0.25) is 0 Å². The van der Waals surface area contributed by atoms with Gasteiger partial charge < -0.3 is 10.2 Å². The zero-order valence-corrected chi connectivity index (χ0v) is 17.0. The van der Waals surface area contributed by atoms with Crippen molar-refractivity contribution in [3.05, 3.63) is 35.9 Å². The maximum absolute atomic E-state index is 12.1. The van der Waals surface area contributed by atoms with Crippen LogP contribution in [0.3, 0.4) is 0 Å². The third kappa shape index (κ3) is 4.18. The molecular weight excluding hydrogens is 392 g/mol. The lowest BCUT2D eigenvalue weighted by atomic mass is 9.83. The number of fused-ring (bicyclic) bond motifs is 1. The van der Waals surface area contributed by atoms with Crippen molar-refractivity contribution in [3.63, 3.8) is 0 Å². The van der Waals surface area contributed by atoms with E-state index in [9.17, 15) is 23.4 Å². The molecule has 1 amide bonds. The van der Waals surface area contributed by atoms with Gasteiger partial charge in [-0.25, -0.2) is 9.03 Å². The van der Waals surface area contributed by atoms with E-state index in [1.165, 1.54) is 12.5 Å². The highest BCUT2D eigenvalue weighted by molar-refractivity contribution is 7.92. The second-order valence-electron chi connectivity index (χ2n) is 8.06. The van der Waals surface area contributed by atoms with Crippen LogP contribution in [-0.2, 0) is 21.4 Å². The van der Waals surface area contributed by atoms with E-state index in [4.69, 9.17) is 0 Å². The molecule has 7 nitrogen and oxygen atoms in total. The molecule has 2 aromatic carbocycles. The predicted octanol–water partition coefficient (Wildman–Crippen LogP) is 2.60. The number of amides is 1. The van der Waals surface area contributed by atoms with Crippen LogP contribution in [0, 0.1) is 5.92 Å². The number of phenolic OH excluding ortho intramolecular Hbond substituents is 1. The van der Waals surface area contributed by atoms with Gasteiger partial charge in [-0.2, -0.15) is 8.42 Å². The number of hydrogen-bond donors (Lipinski definition) is 3. The van der Waals surface area contributed by atoms with E-state index in [-0.39, 0.29) is 24.1 Å². The molecule has 3 N–H and O–H groups in total. The SMILES string of the molecule is O=C1CN(c2cc3cc(CCCC4CCCCC4O)ccc3cc2O)S(=O)(=O)N1. The molecule has 2 atom stereocenters. The van der Waals surface area contributed by atoms with Crippen molar-refractivity contribution in [2.24, 2.45) is 5.92 Å². The number of anilines is 1. The molecule has 2 aliphatic rings. The molecule has 29 heavy (non-hydrogen) atoms. The van der Waals surface area contributed by atoms with Crippen LogP contribution >= 0.6 is 0 Å². The number of aliphatic hydroxyl groups excluding tert-OH is 1. The molecule has 1 aliphatic carbocycles. The highest BCUT2D eigenvalue weighted by Crippen LogP contribution is 2.35. The molecule has 4 rings (SSSR count). The molecular formula is C21H26N2O5S. The molecule has 2 unspecified atom stereocenters. The third-order valence-corrected chi connectivity index (χ3v) is 7.39. The second kappa shape index (κ2) is 7.84. The number of carbonyl (C=O) groups is 1. The molecule has 2 aromatic rings. The van der Waals surface area contributed by atoms with Gasteiger partial charge in [0, 0.05) is 0 Å². The van der Waals surface area contributed by atoms with Gasteiger partial charge in [-0.1, -0.05) is 31.0 Å². The third-order valence-electron chi connectivity index (χ3n) is 6.00. The average molecular weight is 419 g/mol. The van der Waals surface area contributed by atoms with Crippen LogP contribution in [0.1, 0.15) is 44.1 Å². The van der Waals surface area contributed by atoms with E-state index in [0.29, 0.717) is 5.92 Å². The first-order valence-corrected chi connectivity index (χ1v) is 11.5. The Morgan fingerprint density at radius 1 is 1.10 bits per heavy atom. The topological polar surface area (TPSA) is 107 Å². The maximum atomic E-state index is 12.1. The highest BCUT2D eigenvalue weighted by atomic mass is 32.2. The first-order valence-electron chi connectivity index (χ1n) is 10.1. The van der Waals surface area contributed by atoms with E-state index in [0.717, 1.165) is 59.2 Å². The summed E-state index contributed by atoms with van der Waals surface area (Å²) in [6.45, 7) is -0.342. The Balaban J connectivity index is 1.52. The zero-order valence-electron chi connectivity index (χ0n) is 16.2. The highest BCUT2D eigenvalue weighted by Gasteiger charge is 2.35. The lowest BCUT2D eigenvalue weighted by molar-refractivity contribution is -0.117. The minimum absolute atomic E-state index is 0.0957. The largest absolute Gasteiger partial charge is 0.506 e. The van der Waals surface area contributed by atoms with Gasteiger partial charge in [0.15, 0.2) is 0 Å². The molecule has 2 fully saturated rings. The van der Waals surface area contributed by atoms with Gasteiger partial charge in [0.1, 0.15) is 12.3 Å². The monoisotopic (exact) mass is 418 g/mol. The second-order valence-corrected chi connectivity index (χ2v) is 9.66. The fourth-order valence-corrected chi connectivity index (χ4v) is 5.59. The number of hydrogen-bond acceptors (Lipinski definition) is 5. The Morgan fingerprint density at radius 2 is 1.90 bits per heavy atom. The first kappa shape index (κ1) is 20.0. The molecule has 8 heteroatoms. The predicted molar refractivity (Wildman–Crippen MR) is 111 cm³/mol. The molecule has 1 aliphatic heterocycles. The summed E-state index contributed by atoms with van der Waals surface area (Å²) < 4.78 is 27.0. The Morgan fingerprint density at radius 3 is 2.62 bits per heavy atom. The molecule has 0 aromatic heterocycles. The molecule has 1 saturated carbocycles. The lowest BCUT2D eigenvalue weighted by Gasteiger charge is -2.27. The van der Waals surface area contributed by atoms with Crippen LogP contribution in [0.15, 0.2) is 30.3 Å². The standard InChI is InChI=1S/C21H26N2O5S/c24-19-7-2-1-5-15(19)6-3-4-14-8-9-16-12-20(25)18(11-17(16)10-14)23-13-21(26)22-29(23,27)28/h8-12,15,19,24-25H,1-7,13H2,(H,22,26). The van der Waals surface area contributed by atoms with E-state index >= 15 is 0 Å². The van der Waals surface area contributed by atoms with Crippen molar-refractivity contribution in [1.82, 2.24) is 4.72 Å². The smallest absolute Gasteiger partial charge is 0.326 e. The number of aryl methyl sites for hydroxylation is 1. The van der Waals surface area contributed by atoms with Crippen LogP contribution in [0.2, 0.25) is 0 Å². The Labute approximate surface area is 170 Å². The number of carbonyl (C=O) groups excluding carboxylic acids is 1. The molecule has 0 bridgehead atoms. The number of phenols is 1. The normalized spacial score (nSPS) is 24.0. The van der Waals surface area contributed by atoms with Gasteiger partial charge in [-0.3, -0.25) is 4.79 Å². The molecule has 0 radical (unpaired) electrons. The lowest BCUT2D eigenvalue weighted by Crippen LogP contribution is -2.29. The van der Waals surface area contributed by atoms with E-state index in [1.807, 2.05) is 22.9 Å². The Bertz CT molecular complexity index is 1040. The van der Waals surface area contributed by atoms with Crippen molar-refractivity contribution >= 4 is 32.6 Å². The summed E-state index contributed by atoms with van der Waals surface area (Å²) in [5.74, 6) is -0.419. The summed E-state index contributed by atoms with van der Waals surface area (Å²) in [5, 5.41) is 22.0. The number of aromatic hydroxyl groups is 1. The quantitative estimate of drug-likeness (QED) is 0.692. The van der Waals surface area contributed by atoms with Crippen molar-refractivity contribution in [1.29, 1.82) is 0 Å². The summed E-state index contributed by atoms with van der Waals surface area (Å²) in [4.78, 5) is 11.5. The van der Waals surface area contributed by atoms with Crippen molar-refractivity contribution in [2.45, 2.75) is 51.0 Å². The van der Waals surface area contributed by atoms with Crippen LogP contribution in [0.4, 0.5) is 5.69 Å². The zero-order chi connectivity index (χ0) is 20.6. The van der Waals surface area contributed by atoms with E-state index in [2.05, 4.69) is 0 Å². The number of rotatable bonds is 5. The number of nitrogens with one attached hydrogen (secondary N) is 1. The van der Waals surface area contributed by atoms with Crippen LogP contribution < -0.4 is 9.03 Å². The Kier molecular flexibility index (Phi) is 5.40. The maximum Gasteiger partial charge on any atom is 0.326 e. The number of aliphatic hydroxyl groups is 1. The minimum Gasteiger partial charge on any atom is -0.506 e. The van der Waals surface area contributed by atoms with Crippen molar-refractivity contribution < 1.29 is 23.4 Å². The summed E-state index contributed by atoms with van der Waals surface area (Å²) in [6, 6.07) is 9.04. The molecule has 156 valence electrons. The summed E-state index contributed by atoms with van der Waals surface area (Å²) in [6.07, 6.45) is 6.99. The van der Waals surface area contributed by atoms with Crippen LogP contribution in [-0.4, -0.2) is 37.2 Å². The van der Waals surface area contributed by atoms with Gasteiger partial charge in [-0.05, 0) is 66.5 Å². The Hall–Kier alpha value is -2.32. The van der Waals surface area contributed by atoms with Gasteiger partial charge in [-0.15, -0.1) is 0 Å². The van der Waals surface area contributed by atoms with Crippen LogP contribution in [0.5, 0.6) is 5.75 Å². The van der Waals surface area contributed by atoms with Crippen LogP contribution in [0.25, 0.3) is 10.8 Å². The fourth-order valence-electron chi connectivity index (χ4n) is 4.43. The number of nitrogens with zero attached hydrogens (tertiary/aromatic N) is 1. The van der Waals surface area contributed by atoms with Gasteiger partial charge in [0.05, 0.1) is 11.8 Å². The summed E-state index contributed by atoms with van der Waals surface area (Å²) in [5.41, 5.74) is 1.22. The molecule has 1 saturated heterocycles. The van der Waals surface area contributed by atoms with E-state index in [1.54, 1.807) is 6.07 Å². The minimum atomic E-state index is -3.97. The van der Waals surface area contributed by atoms with E-state index < -0.39 is 16.1 Å².